The minimum absolute atomic E-state index is 0.0933. The Balaban J connectivity index is 2.57. The van der Waals surface area contributed by atoms with Crippen LogP contribution in [0, 0.1) is 0 Å². The van der Waals surface area contributed by atoms with Crippen LogP contribution in [-0.2, 0) is 9.59 Å². The Morgan fingerprint density at radius 3 is 2.33 bits per heavy atom. The Labute approximate surface area is 88.7 Å². The van der Waals surface area contributed by atoms with Crippen LogP contribution in [-0.4, -0.2) is 18.9 Å². The highest BCUT2D eigenvalue weighted by atomic mass is 16.2. The molecule has 0 aromatic heterocycles. The third-order valence-electron chi connectivity index (χ3n) is 2.10. The lowest BCUT2D eigenvalue weighted by molar-refractivity contribution is -0.123. The molecule has 0 unspecified atom stereocenters. The number of para-hydroxylation sites is 1. The van der Waals surface area contributed by atoms with Gasteiger partial charge in [0.15, 0.2) is 0 Å². The van der Waals surface area contributed by atoms with E-state index in [-0.39, 0.29) is 18.7 Å². The van der Waals surface area contributed by atoms with E-state index < -0.39 is 5.91 Å². The zero-order chi connectivity index (χ0) is 11.3. The van der Waals surface area contributed by atoms with Crippen molar-refractivity contribution in [2.24, 2.45) is 5.73 Å². The van der Waals surface area contributed by atoms with Crippen molar-refractivity contribution in [1.29, 1.82) is 0 Å². The maximum atomic E-state index is 11.6. The van der Waals surface area contributed by atoms with Gasteiger partial charge in [-0.2, -0.15) is 0 Å². The zero-order valence-corrected chi connectivity index (χ0v) is 8.64. The van der Waals surface area contributed by atoms with Gasteiger partial charge < -0.3 is 10.6 Å². The molecule has 1 rings (SSSR count). The van der Waals surface area contributed by atoms with Crippen molar-refractivity contribution in [3.8, 4) is 0 Å². The first-order valence-corrected chi connectivity index (χ1v) is 4.71. The van der Waals surface area contributed by atoms with E-state index in [0.29, 0.717) is 0 Å². The van der Waals surface area contributed by atoms with Gasteiger partial charge in [0, 0.05) is 25.6 Å². The molecule has 0 spiro atoms. The molecule has 0 saturated heterocycles. The molecule has 15 heavy (non-hydrogen) atoms. The van der Waals surface area contributed by atoms with Crippen LogP contribution in [0.15, 0.2) is 30.3 Å². The number of hydrogen-bond acceptors (Lipinski definition) is 2. The van der Waals surface area contributed by atoms with E-state index in [4.69, 9.17) is 5.73 Å². The van der Waals surface area contributed by atoms with E-state index in [0.717, 1.165) is 5.69 Å². The molecule has 0 radical (unpaired) electrons. The van der Waals surface area contributed by atoms with Gasteiger partial charge in [0.05, 0.1) is 0 Å². The third-order valence-corrected chi connectivity index (χ3v) is 2.10. The van der Waals surface area contributed by atoms with E-state index >= 15 is 0 Å². The molecular formula is C11H14N2O2. The molecule has 0 fully saturated rings. The van der Waals surface area contributed by atoms with Crippen LogP contribution < -0.4 is 10.6 Å². The van der Waals surface area contributed by atoms with Crippen molar-refractivity contribution in [2.75, 3.05) is 11.9 Å². The van der Waals surface area contributed by atoms with E-state index in [1.165, 1.54) is 4.90 Å². The lowest BCUT2D eigenvalue weighted by atomic mass is 10.2. The second kappa shape index (κ2) is 5.14. The summed E-state index contributed by atoms with van der Waals surface area (Å²) in [5, 5.41) is 0. The van der Waals surface area contributed by atoms with Crippen LogP contribution >= 0.6 is 0 Å². The second-order valence-corrected chi connectivity index (χ2v) is 3.25. The first-order chi connectivity index (χ1) is 7.11. The number of hydrogen-bond donors (Lipinski definition) is 1. The smallest absolute Gasteiger partial charge is 0.227 e. The van der Waals surface area contributed by atoms with Gasteiger partial charge in [0.2, 0.25) is 11.8 Å². The van der Waals surface area contributed by atoms with Crippen LogP contribution in [0.2, 0.25) is 0 Å². The lowest BCUT2D eigenvalue weighted by Crippen LogP contribution is -2.27. The summed E-state index contributed by atoms with van der Waals surface area (Å²) in [4.78, 5) is 23.6. The molecule has 0 atom stereocenters. The fraction of sp³-hybridized carbons (Fsp3) is 0.273. The SMILES string of the molecule is CN(C(=O)CCC(N)=O)c1ccccc1. The molecule has 4 nitrogen and oxygen atoms in total. The van der Waals surface area contributed by atoms with Crippen molar-refractivity contribution < 1.29 is 9.59 Å². The van der Waals surface area contributed by atoms with E-state index in [2.05, 4.69) is 0 Å². The molecule has 2 amide bonds. The standard InChI is InChI=1S/C11H14N2O2/c1-13(9-5-3-2-4-6-9)11(15)8-7-10(12)14/h2-6H,7-8H2,1H3,(H2,12,14). The van der Waals surface area contributed by atoms with Crippen LogP contribution in [0.5, 0.6) is 0 Å². The predicted octanol–water partition coefficient (Wildman–Crippen LogP) is 0.915. The molecule has 80 valence electrons. The summed E-state index contributed by atoms with van der Waals surface area (Å²) in [7, 11) is 1.68. The maximum Gasteiger partial charge on any atom is 0.227 e. The summed E-state index contributed by atoms with van der Waals surface area (Å²) in [6, 6.07) is 9.26. The van der Waals surface area contributed by atoms with Gasteiger partial charge in [-0.3, -0.25) is 9.59 Å². The number of anilines is 1. The van der Waals surface area contributed by atoms with Gasteiger partial charge in [0.1, 0.15) is 0 Å². The predicted molar refractivity (Wildman–Crippen MR) is 58.3 cm³/mol. The molecular weight excluding hydrogens is 192 g/mol. The van der Waals surface area contributed by atoms with Gasteiger partial charge >= 0.3 is 0 Å². The van der Waals surface area contributed by atoms with Crippen molar-refractivity contribution in [3.05, 3.63) is 30.3 Å². The molecule has 0 aliphatic carbocycles. The number of amides is 2. The Hall–Kier alpha value is -1.84. The molecule has 2 N–H and O–H groups in total. The highest BCUT2D eigenvalue weighted by Crippen LogP contribution is 2.12. The summed E-state index contributed by atoms with van der Waals surface area (Å²) in [5.74, 6) is -0.565. The Morgan fingerprint density at radius 2 is 1.80 bits per heavy atom. The zero-order valence-electron chi connectivity index (χ0n) is 8.64. The van der Waals surface area contributed by atoms with Gasteiger partial charge in [-0.05, 0) is 12.1 Å². The molecule has 1 aromatic carbocycles. The van der Waals surface area contributed by atoms with E-state index in [9.17, 15) is 9.59 Å². The first-order valence-electron chi connectivity index (χ1n) is 4.71. The fourth-order valence-electron chi connectivity index (χ4n) is 1.19. The van der Waals surface area contributed by atoms with Crippen LogP contribution in [0.4, 0.5) is 5.69 Å². The topological polar surface area (TPSA) is 63.4 Å². The number of primary amides is 1. The number of benzene rings is 1. The van der Waals surface area contributed by atoms with Crippen molar-refractivity contribution in [2.45, 2.75) is 12.8 Å². The van der Waals surface area contributed by atoms with Gasteiger partial charge in [-0.25, -0.2) is 0 Å². The molecule has 4 heteroatoms. The quantitative estimate of drug-likeness (QED) is 0.796. The van der Waals surface area contributed by atoms with Crippen molar-refractivity contribution >= 4 is 17.5 Å². The number of rotatable bonds is 4. The normalized spacial score (nSPS) is 9.67. The van der Waals surface area contributed by atoms with Crippen LogP contribution in [0.1, 0.15) is 12.8 Å². The van der Waals surface area contributed by atoms with Gasteiger partial charge in [-0.1, -0.05) is 18.2 Å². The average Bonchev–Trinajstić information content (AvgIpc) is 2.26. The molecule has 0 bridgehead atoms. The maximum absolute atomic E-state index is 11.6. The summed E-state index contributed by atoms with van der Waals surface area (Å²) in [5.41, 5.74) is 5.78. The number of nitrogens with two attached hydrogens (primary N) is 1. The Morgan fingerprint density at radius 1 is 1.20 bits per heavy atom. The monoisotopic (exact) mass is 206 g/mol. The third kappa shape index (κ3) is 3.42. The number of nitrogens with zero attached hydrogens (tertiary/aromatic N) is 1. The summed E-state index contributed by atoms with van der Waals surface area (Å²) in [6.45, 7) is 0. The van der Waals surface area contributed by atoms with E-state index in [1.54, 1.807) is 7.05 Å². The van der Waals surface area contributed by atoms with E-state index in [1.807, 2.05) is 30.3 Å². The average molecular weight is 206 g/mol. The van der Waals surface area contributed by atoms with Crippen LogP contribution in [0.3, 0.4) is 0 Å². The molecule has 1 aromatic rings. The Kier molecular flexibility index (Phi) is 3.85. The summed E-state index contributed by atoms with van der Waals surface area (Å²) in [6.07, 6.45) is 0.247. The van der Waals surface area contributed by atoms with Gasteiger partial charge in [0.25, 0.3) is 0 Å². The molecule has 0 heterocycles. The van der Waals surface area contributed by atoms with Crippen LogP contribution in [0.25, 0.3) is 0 Å². The highest BCUT2D eigenvalue weighted by Gasteiger charge is 2.10. The Bertz CT molecular complexity index is 349. The summed E-state index contributed by atoms with van der Waals surface area (Å²) < 4.78 is 0. The van der Waals surface area contributed by atoms with Crippen molar-refractivity contribution in [1.82, 2.24) is 0 Å². The first kappa shape index (κ1) is 11.2. The molecule has 0 saturated carbocycles. The largest absolute Gasteiger partial charge is 0.370 e. The number of carbonyl (C=O) groups excluding carboxylic acids is 2. The van der Waals surface area contributed by atoms with Gasteiger partial charge in [-0.15, -0.1) is 0 Å². The second-order valence-electron chi connectivity index (χ2n) is 3.25. The minimum Gasteiger partial charge on any atom is -0.370 e. The lowest BCUT2D eigenvalue weighted by Gasteiger charge is -2.16. The minimum atomic E-state index is -0.454. The fourth-order valence-corrected chi connectivity index (χ4v) is 1.19. The highest BCUT2D eigenvalue weighted by molar-refractivity contribution is 5.94. The molecule has 0 aliphatic rings. The summed E-state index contributed by atoms with van der Waals surface area (Å²) >= 11 is 0. The number of carbonyl (C=O) groups is 2. The van der Waals surface area contributed by atoms with Crippen molar-refractivity contribution in [3.63, 3.8) is 0 Å². The molecule has 0 aliphatic heterocycles.